The third kappa shape index (κ3) is 4.41. The Morgan fingerprint density at radius 3 is 2.42 bits per heavy atom. The van der Waals surface area contributed by atoms with Crippen LogP contribution in [0.2, 0.25) is 0 Å². The Bertz CT molecular complexity index is 635. The zero-order chi connectivity index (χ0) is 22.4. The Labute approximate surface area is 192 Å². The van der Waals surface area contributed by atoms with Gasteiger partial charge >= 0.3 is 0 Å². The third-order valence-corrected chi connectivity index (χ3v) is 11.3. The molecule has 0 aromatic rings. The van der Waals surface area contributed by atoms with Crippen molar-refractivity contribution in [1.29, 1.82) is 0 Å². The molecule has 178 valence electrons. The highest BCUT2D eigenvalue weighted by Gasteiger charge is 2.60. The molecule has 2 heteroatoms. The molecule has 9 atom stereocenters. The summed E-state index contributed by atoms with van der Waals surface area (Å²) in [7, 11) is 0. The van der Waals surface area contributed by atoms with Crippen LogP contribution in [0, 0.1) is 52.3 Å². The molecule has 4 fully saturated rings. The molecule has 4 aliphatic rings. The van der Waals surface area contributed by atoms with Crippen LogP contribution >= 0.6 is 0 Å². The minimum absolute atomic E-state index is 0.510. The van der Waals surface area contributed by atoms with Crippen molar-refractivity contribution < 1.29 is 9.90 Å². The summed E-state index contributed by atoms with van der Waals surface area (Å²) in [5, 5.41) is 10.4. The van der Waals surface area contributed by atoms with Gasteiger partial charge in [0.15, 0.2) is 0 Å². The zero-order valence-corrected chi connectivity index (χ0v) is 21.2. The van der Waals surface area contributed by atoms with E-state index in [0.717, 1.165) is 67.0 Å². The Morgan fingerprint density at radius 2 is 1.71 bits per heavy atom. The minimum atomic E-state index is -0.510. The second-order valence-corrected chi connectivity index (χ2v) is 13.6. The van der Waals surface area contributed by atoms with Gasteiger partial charge in [0, 0.05) is 6.42 Å². The Balaban J connectivity index is 1.45. The van der Waals surface area contributed by atoms with Gasteiger partial charge in [0.25, 0.3) is 0 Å². The maximum atomic E-state index is 10.8. The number of aliphatic hydroxyl groups is 1. The maximum Gasteiger partial charge on any atom is 0.119 e. The summed E-state index contributed by atoms with van der Waals surface area (Å²) in [5.74, 6) is 6.10. The zero-order valence-electron chi connectivity index (χ0n) is 21.2. The average molecular weight is 431 g/mol. The van der Waals surface area contributed by atoms with E-state index in [2.05, 4.69) is 20.8 Å². The molecule has 0 heterocycles. The van der Waals surface area contributed by atoms with E-state index in [1.54, 1.807) is 0 Å². The number of hydrogen-bond donors (Lipinski definition) is 1. The molecule has 1 N–H and O–H groups in total. The molecular weight excluding hydrogens is 380 g/mol. The van der Waals surface area contributed by atoms with Crippen LogP contribution in [0.5, 0.6) is 0 Å². The van der Waals surface area contributed by atoms with Gasteiger partial charge in [-0.15, -0.1) is 0 Å². The Hall–Kier alpha value is -0.370. The smallest absolute Gasteiger partial charge is 0.119 e. The van der Waals surface area contributed by atoms with Crippen LogP contribution in [0.4, 0.5) is 0 Å². The van der Waals surface area contributed by atoms with Crippen molar-refractivity contribution in [2.45, 2.75) is 124 Å². The molecule has 4 saturated carbocycles. The average Bonchev–Trinajstić information content (AvgIpc) is 3.04. The summed E-state index contributed by atoms with van der Waals surface area (Å²) >= 11 is 0. The van der Waals surface area contributed by atoms with Crippen LogP contribution in [0.25, 0.3) is 0 Å². The van der Waals surface area contributed by atoms with Crippen LogP contribution in [0.1, 0.15) is 118 Å². The largest absolute Gasteiger partial charge is 0.390 e. The lowest BCUT2D eigenvalue weighted by molar-refractivity contribution is -0.124. The lowest BCUT2D eigenvalue weighted by Gasteiger charge is -2.61. The molecule has 0 aromatic carbocycles. The van der Waals surface area contributed by atoms with E-state index in [1.807, 2.05) is 13.8 Å². The predicted octanol–water partition coefficient (Wildman–Crippen LogP) is 7.43. The van der Waals surface area contributed by atoms with Crippen LogP contribution in [0.15, 0.2) is 0 Å². The van der Waals surface area contributed by atoms with E-state index in [-0.39, 0.29) is 0 Å². The first kappa shape index (κ1) is 23.8. The third-order valence-electron chi connectivity index (χ3n) is 11.3. The van der Waals surface area contributed by atoms with Crippen LogP contribution in [-0.4, -0.2) is 17.0 Å². The van der Waals surface area contributed by atoms with Gasteiger partial charge < -0.3 is 9.90 Å². The summed E-state index contributed by atoms with van der Waals surface area (Å²) in [4.78, 5) is 10.8. The number of carbonyl (C=O) groups is 1. The lowest BCUT2D eigenvalue weighted by atomic mass is 9.43. The second kappa shape index (κ2) is 8.77. The summed E-state index contributed by atoms with van der Waals surface area (Å²) in [6, 6.07) is 0. The van der Waals surface area contributed by atoms with Gasteiger partial charge in [0.1, 0.15) is 6.29 Å². The molecule has 4 aliphatic carbocycles. The first-order valence-electron chi connectivity index (χ1n) is 13.7. The molecule has 0 aromatic heterocycles. The van der Waals surface area contributed by atoms with Crippen molar-refractivity contribution in [3.8, 4) is 0 Å². The first-order chi connectivity index (χ1) is 14.6. The number of rotatable bonds is 7. The Kier molecular flexibility index (Phi) is 6.73. The van der Waals surface area contributed by atoms with E-state index in [1.165, 1.54) is 64.2 Å². The fraction of sp³-hybridized carbons (Fsp3) is 0.966. The predicted molar refractivity (Wildman–Crippen MR) is 129 cm³/mol. The number of hydrogen-bond acceptors (Lipinski definition) is 2. The molecule has 0 saturated heterocycles. The lowest BCUT2D eigenvalue weighted by Crippen LogP contribution is -2.54. The van der Waals surface area contributed by atoms with Gasteiger partial charge in [-0.1, -0.05) is 27.2 Å². The van der Waals surface area contributed by atoms with E-state index in [9.17, 15) is 9.90 Å². The van der Waals surface area contributed by atoms with Crippen molar-refractivity contribution in [1.82, 2.24) is 0 Å². The molecule has 0 amide bonds. The molecule has 9 unspecified atom stereocenters. The standard InChI is InChI=1S/C29H50O2/c1-20(8-6-7-17-30)24-11-12-25-23-10-9-22-18-21(19-27(2,3)31)13-15-28(22,4)26(23)14-16-29(24,25)5/h17,20-26,31H,6-16,18-19H2,1-5H3. The highest BCUT2D eigenvalue weighted by molar-refractivity contribution is 5.48. The second-order valence-electron chi connectivity index (χ2n) is 13.6. The fourth-order valence-corrected chi connectivity index (χ4v) is 9.94. The quantitative estimate of drug-likeness (QED) is 0.337. The van der Waals surface area contributed by atoms with Crippen molar-refractivity contribution in [3.05, 3.63) is 0 Å². The Morgan fingerprint density at radius 1 is 1.00 bits per heavy atom. The normalized spacial score (nSPS) is 46.0. The van der Waals surface area contributed by atoms with Gasteiger partial charge in [-0.2, -0.15) is 0 Å². The topological polar surface area (TPSA) is 37.3 Å². The monoisotopic (exact) mass is 430 g/mol. The highest BCUT2D eigenvalue weighted by Crippen LogP contribution is 2.68. The fourth-order valence-electron chi connectivity index (χ4n) is 9.94. The van der Waals surface area contributed by atoms with Crippen LogP contribution in [-0.2, 0) is 4.79 Å². The molecular formula is C29H50O2. The van der Waals surface area contributed by atoms with Crippen molar-refractivity contribution in [3.63, 3.8) is 0 Å². The van der Waals surface area contributed by atoms with E-state index < -0.39 is 5.60 Å². The molecule has 2 nitrogen and oxygen atoms in total. The van der Waals surface area contributed by atoms with E-state index in [0.29, 0.717) is 10.8 Å². The van der Waals surface area contributed by atoms with Crippen LogP contribution in [0.3, 0.4) is 0 Å². The summed E-state index contributed by atoms with van der Waals surface area (Å²) < 4.78 is 0. The molecule has 31 heavy (non-hydrogen) atoms. The summed E-state index contributed by atoms with van der Waals surface area (Å²) in [6.07, 6.45) is 17.9. The molecule has 0 spiro atoms. The molecule has 4 rings (SSSR count). The van der Waals surface area contributed by atoms with Crippen molar-refractivity contribution in [2.24, 2.45) is 52.3 Å². The van der Waals surface area contributed by atoms with Gasteiger partial charge in [-0.05, 0) is 137 Å². The van der Waals surface area contributed by atoms with Gasteiger partial charge in [0.05, 0.1) is 5.60 Å². The highest BCUT2D eigenvalue weighted by atomic mass is 16.3. The number of unbranched alkanes of at least 4 members (excludes halogenated alkanes) is 1. The van der Waals surface area contributed by atoms with Gasteiger partial charge in [-0.25, -0.2) is 0 Å². The molecule has 0 aliphatic heterocycles. The number of aldehydes is 1. The van der Waals surface area contributed by atoms with E-state index >= 15 is 0 Å². The van der Waals surface area contributed by atoms with Crippen molar-refractivity contribution in [2.75, 3.05) is 0 Å². The maximum absolute atomic E-state index is 10.8. The number of fused-ring (bicyclic) bond motifs is 5. The molecule has 0 radical (unpaired) electrons. The van der Waals surface area contributed by atoms with Crippen LogP contribution < -0.4 is 0 Å². The first-order valence-corrected chi connectivity index (χ1v) is 13.7. The van der Waals surface area contributed by atoms with E-state index in [4.69, 9.17) is 0 Å². The summed E-state index contributed by atoms with van der Waals surface area (Å²) in [5.41, 5.74) is 0.584. The summed E-state index contributed by atoms with van der Waals surface area (Å²) in [6.45, 7) is 11.8. The molecule has 0 bridgehead atoms. The minimum Gasteiger partial charge on any atom is -0.390 e. The SMILES string of the molecule is CC(CCCC=O)C1CCC2C3CCC4CC(CC(C)(C)O)CCC4(C)C3CCC12C. The number of carbonyl (C=O) groups excluding carboxylic acids is 1. The van der Waals surface area contributed by atoms with Gasteiger partial charge in [-0.3, -0.25) is 0 Å². The van der Waals surface area contributed by atoms with Crippen molar-refractivity contribution >= 4 is 6.29 Å². The van der Waals surface area contributed by atoms with Gasteiger partial charge in [0.2, 0.25) is 0 Å².